The highest BCUT2D eigenvalue weighted by atomic mass is 16.5. The molecule has 1 amide bonds. The number of hydrogen-bond donors (Lipinski definition) is 1. The molecule has 0 aliphatic carbocycles. The summed E-state index contributed by atoms with van der Waals surface area (Å²) in [5.74, 6) is 1.81. The van der Waals surface area contributed by atoms with Crippen molar-refractivity contribution in [1.29, 1.82) is 0 Å². The normalized spacial score (nSPS) is 12.8. The summed E-state index contributed by atoms with van der Waals surface area (Å²) in [6.45, 7) is 5.76. The molecule has 0 saturated carbocycles. The summed E-state index contributed by atoms with van der Waals surface area (Å²) in [5.41, 5.74) is 2.08. The van der Waals surface area contributed by atoms with Crippen molar-refractivity contribution in [3.05, 3.63) is 53.6 Å². The predicted molar refractivity (Wildman–Crippen MR) is 102 cm³/mol. The Labute approximate surface area is 155 Å². The Morgan fingerprint density at radius 3 is 2.27 bits per heavy atom. The molecule has 0 unspecified atom stereocenters. The third-order valence-corrected chi connectivity index (χ3v) is 4.29. The highest BCUT2D eigenvalue weighted by Gasteiger charge is 2.21. The van der Waals surface area contributed by atoms with Crippen LogP contribution in [-0.2, 0) is 4.79 Å². The smallest absolute Gasteiger partial charge is 0.261 e. The van der Waals surface area contributed by atoms with Gasteiger partial charge in [-0.3, -0.25) is 4.79 Å². The molecular weight excluding hydrogens is 330 g/mol. The number of carbonyl (C=O) groups is 1. The second-order valence-electron chi connectivity index (χ2n) is 6.11. The molecule has 0 bridgehead atoms. The first-order chi connectivity index (χ1) is 12.5. The Balaban J connectivity index is 2.07. The van der Waals surface area contributed by atoms with Crippen molar-refractivity contribution in [3.8, 4) is 17.2 Å². The SMILES string of the molecule is CC[C@@H](NC(=O)[C@@H](C)Oc1ccccc1OC)c1ccc(OC)c(C)c1. The van der Waals surface area contributed by atoms with Gasteiger partial charge in [-0.15, -0.1) is 0 Å². The number of ether oxygens (including phenoxy) is 3. The van der Waals surface area contributed by atoms with E-state index in [2.05, 4.69) is 5.32 Å². The number of rotatable bonds is 8. The van der Waals surface area contributed by atoms with Crippen molar-refractivity contribution in [3.63, 3.8) is 0 Å². The Bertz CT molecular complexity index is 745. The summed E-state index contributed by atoms with van der Waals surface area (Å²) in [6, 6.07) is 13.1. The fourth-order valence-electron chi connectivity index (χ4n) is 2.79. The molecule has 1 N–H and O–H groups in total. The molecule has 5 heteroatoms. The van der Waals surface area contributed by atoms with E-state index in [1.807, 2.05) is 44.2 Å². The summed E-state index contributed by atoms with van der Waals surface area (Å²) in [6.07, 6.45) is 0.138. The third kappa shape index (κ3) is 4.69. The van der Waals surface area contributed by atoms with Crippen LogP contribution in [0.4, 0.5) is 0 Å². The van der Waals surface area contributed by atoms with Crippen LogP contribution in [0.15, 0.2) is 42.5 Å². The second kappa shape index (κ2) is 9.13. The molecule has 0 radical (unpaired) electrons. The van der Waals surface area contributed by atoms with E-state index >= 15 is 0 Å². The van der Waals surface area contributed by atoms with Crippen molar-refractivity contribution in [2.75, 3.05) is 14.2 Å². The Kier molecular flexibility index (Phi) is 6.89. The van der Waals surface area contributed by atoms with Crippen molar-refractivity contribution in [2.24, 2.45) is 0 Å². The number of para-hydroxylation sites is 2. The van der Waals surface area contributed by atoms with Gasteiger partial charge in [0.15, 0.2) is 17.6 Å². The summed E-state index contributed by atoms with van der Waals surface area (Å²) in [5, 5.41) is 3.06. The van der Waals surface area contributed by atoms with Crippen LogP contribution in [0, 0.1) is 6.92 Å². The molecule has 0 aliphatic rings. The van der Waals surface area contributed by atoms with Crippen LogP contribution in [0.3, 0.4) is 0 Å². The minimum Gasteiger partial charge on any atom is -0.496 e. The Hall–Kier alpha value is -2.69. The van der Waals surface area contributed by atoms with Gasteiger partial charge in [0.2, 0.25) is 0 Å². The van der Waals surface area contributed by atoms with E-state index in [0.29, 0.717) is 11.5 Å². The van der Waals surface area contributed by atoms with Crippen molar-refractivity contribution in [1.82, 2.24) is 5.32 Å². The molecule has 0 saturated heterocycles. The molecule has 140 valence electrons. The Morgan fingerprint density at radius 1 is 1.04 bits per heavy atom. The van der Waals surface area contributed by atoms with Crippen LogP contribution in [0.5, 0.6) is 17.2 Å². The van der Waals surface area contributed by atoms with Crippen molar-refractivity contribution in [2.45, 2.75) is 39.3 Å². The molecule has 0 heterocycles. The van der Waals surface area contributed by atoms with Gasteiger partial charge in [-0.1, -0.05) is 31.2 Å². The largest absolute Gasteiger partial charge is 0.496 e. The lowest BCUT2D eigenvalue weighted by molar-refractivity contribution is -0.128. The standard InChI is InChI=1S/C21H27NO4/c1-6-17(16-11-12-18(24-4)14(2)13-16)22-21(23)15(3)26-20-10-8-7-9-19(20)25-5/h7-13,15,17H,6H2,1-5H3,(H,22,23)/t15-,17-/m1/s1. The van der Waals surface area contributed by atoms with Crippen LogP contribution in [-0.4, -0.2) is 26.2 Å². The van der Waals surface area contributed by atoms with E-state index in [1.54, 1.807) is 33.3 Å². The minimum atomic E-state index is -0.639. The number of carbonyl (C=O) groups excluding carboxylic acids is 1. The topological polar surface area (TPSA) is 56.8 Å². The zero-order valence-electron chi connectivity index (χ0n) is 16.0. The quantitative estimate of drug-likeness (QED) is 0.774. The van der Waals surface area contributed by atoms with Crippen LogP contribution >= 0.6 is 0 Å². The highest BCUT2D eigenvalue weighted by Crippen LogP contribution is 2.27. The number of aryl methyl sites for hydroxylation is 1. The molecule has 0 aliphatic heterocycles. The molecule has 2 rings (SSSR count). The summed E-state index contributed by atoms with van der Waals surface area (Å²) >= 11 is 0. The molecule has 26 heavy (non-hydrogen) atoms. The van der Waals surface area contributed by atoms with E-state index in [4.69, 9.17) is 14.2 Å². The first-order valence-corrected chi connectivity index (χ1v) is 8.74. The number of nitrogens with one attached hydrogen (secondary N) is 1. The zero-order chi connectivity index (χ0) is 19.1. The maximum Gasteiger partial charge on any atom is 0.261 e. The number of hydrogen-bond acceptors (Lipinski definition) is 4. The predicted octanol–water partition coefficient (Wildman–Crippen LogP) is 4.05. The lowest BCUT2D eigenvalue weighted by Gasteiger charge is -2.22. The lowest BCUT2D eigenvalue weighted by Crippen LogP contribution is -2.38. The van der Waals surface area contributed by atoms with E-state index < -0.39 is 6.10 Å². The van der Waals surface area contributed by atoms with Crippen LogP contribution in [0.25, 0.3) is 0 Å². The molecular formula is C21H27NO4. The van der Waals surface area contributed by atoms with Crippen LogP contribution < -0.4 is 19.5 Å². The average Bonchev–Trinajstić information content (AvgIpc) is 2.66. The molecule has 2 aromatic rings. The van der Waals surface area contributed by atoms with E-state index in [9.17, 15) is 4.79 Å². The van der Waals surface area contributed by atoms with E-state index in [-0.39, 0.29) is 11.9 Å². The fraction of sp³-hybridized carbons (Fsp3) is 0.381. The number of benzene rings is 2. The summed E-state index contributed by atoms with van der Waals surface area (Å²) in [4.78, 5) is 12.6. The van der Waals surface area contributed by atoms with Gasteiger partial charge in [0.1, 0.15) is 5.75 Å². The zero-order valence-corrected chi connectivity index (χ0v) is 16.0. The van der Waals surface area contributed by atoms with Crippen molar-refractivity contribution < 1.29 is 19.0 Å². The monoisotopic (exact) mass is 357 g/mol. The lowest BCUT2D eigenvalue weighted by atomic mass is 10.0. The van der Waals surface area contributed by atoms with Crippen LogP contribution in [0.1, 0.15) is 37.4 Å². The Morgan fingerprint density at radius 2 is 1.69 bits per heavy atom. The first kappa shape index (κ1) is 19.6. The maximum atomic E-state index is 12.6. The van der Waals surface area contributed by atoms with Gasteiger partial charge in [-0.25, -0.2) is 0 Å². The van der Waals surface area contributed by atoms with Crippen LogP contribution in [0.2, 0.25) is 0 Å². The second-order valence-corrected chi connectivity index (χ2v) is 6.11. The van der Waals surface area contributed by atoms with Gasteiger partial charge in [-0.2, -0.15) is 0 Å². The molecule has 0 spiro atoms. The minimum absolute atomic E-state index is 0.0872. The van der Waals surface area contributed by atoms with Gasteiger partial charge in [-0.05, 0) is 49.6 Å². The van der Waals surface area contributed by atoms with Gasteiger partial charge >= 0.3 is 0 Å². The third-order valence-electron chi connectivity index (χ3n) is 4.29. The average molecular weight is 357 g/mol. The molecule has 5 nitrogen and oxygen atoms in total. The molecule has 0 aromatic heterocycles. The number of methoxy groups -OCH3 is 2. The van der Waals surface area contributed by atoms with Gasteiger partial charge in [0.25, 0.3) is 5.91 Å². The summed E-state index contributed by atoms with van der Waals surface area (Å²) < 4.78 is 16.3. The van der Waals surface area contributed by atoms with Crippen molar-refractivity contribution >= 4 is 5.91 Å². The van der Waals surface area contributed by atoms with Gasteiger partial charge in [0.05, 0.1) is 20.3 Å². The highest BCUT2D eigenvalue weighted by molar-refractivity contribution is 5.81. The van der Waals surface area contributed by atoms with E-state index in [0.717, 1.165) is 23.3 Å². The van der Waals surface area contributed by atoms with Gasteiger partial charge in [0, 0.05) is 0 Å². The fourth-order valence-corrected chi connectivity index (χ4v) is 2.79. The van der Waals surface area contributed by atoms with E-state index in [1.165, 1.54) is 0 Å². The molecule has 2 atom stereocenters. The maximum absolute atomic E-state index is 12.6. The number of amides is 1. The molecule has 2 aromatic carbocycles. The first-order valence-electron chi connectivity index (χ1n) is 8.74. The molecule has 0 fully saturated rings. The summed E-state index contributed by atoms with van der Waals surface area (Å²) in [7, 11) is 3.23. The van der Waals surface area contributed by atoms with Gasteiger partial charge < -0.3 is 19.5 Å².